The number of aliphatic carboxylic acids is 1. The van der Waals surface area contributed by atoms with Gasteiger partial charge in [-0.25, -0.2) is 0 Å². The number of benzene rings is 1. The SMILES string of the molecule is COc1ccc(SCC(=O)NC2CCC(C(=O)O)CC2)cc1. The number of carbonyl (C=O) groups is 2. The minimum atomic E-state index is -0.722. The number of amides is 1. The van der Waals surface area contributed by atoms with E-state index in [9.17, 15) is 9.59 Å². The lowest BCUT2D eigenvalue weighted by atomic mass is 9.86. The summed E-state index contributed by atoms with van der Waals surface area (Å²) in [5, 5.41) is 11.9. The number of hydrogen-bond donors (Lipinski definition) is 2. The Hall–Kier alpha value is -1.69. The van der Waals surface area contributed by atoms with E-state index in [0.29, 0.717) is 18.6 Å². The van der Waals surface area contributed by atoms with Crippen molar-refractivity contribution < 1.29 is 19.4 Å². The molecule has 0 aliphatic heterocycles. The molecule has 0 spiro atoms. The van der Waals surface area contributed by atoms with Crippen LogP contribution in [-0.2, 0) is 9.59 Å². The zero-order valence-electron chi connectivity index (χ0n) is 12.6. The van der Waals surface area contributed by atoms with E-state index >= 15 is 0 Å². The second-order valence-corrected chi connectivity index (χ2v) is 6.47. The lowest BCUT2D eigenvalue weighted by Gasteiger charge is -2.26. The van der Waals surface area contributed by atoms with Crippen molar-refractivity contribution in [2.45, 2.75) is 36.6 Å². The molecule has 1 aromatic rings. The third-order valence-electron chi connectivity index (χ3n) is 3.87. The van der Waals surface area contributed by atoms with E-state index in [1.165, 1.54) is 11.8 Å². The first kappa shape index (κ1) is 16.7. The van der Waals surface area contributed by atoms with E-state index in [4.69, 9.17) is 9.84 Å². The largest absolute Gasteiger partial charge is 0.497 e. The van der Waals surface area contributed by atoms with E-state index in [0.717, 1.165) is 23.5 Å². The van der Waals surface area contributed by atoms with Gasteiger partial charge in [-0.15, -0.1) is 11.8 Å². The van der Waals surface area contributed by atoms with E-state index < -0.39 is 5.97 Å². The van der Waals surface area contributed by atoms with Crippen molar-refractivity contribution in [3.63, 3.8) is 0 Å². The second-order valence-electron chi connectivity index (χ2n) is 5.42. The molecule has 0 heterocycles. The van der Waals surface area contributed by atoms with Gasteiger partial charge >= 0.3 is 5.97 Å². The number of ether oxygens (including phenoxy) is 1. The van der Waals surface area contributed by atoms with Crippen LogP contribution in [0.2, 0.25) is 0 Å². The van der Waals surface area contributed by atoms with Crippen molar-refractivity contribution >= 4 is 23.6 Å². The molecule has 1 saturated carbocycles. The second kappa shape index (κ2) is 8.08. The summed E-state index contributed by atoms with van der Waals surface area (Å²) in [6.07, 6.45) is 2.78. The van der Waals surface area contributed by atoms with Crippen LogP contribution >= 0.6 is 11.8 Å². The fourth-order valence-electron chi connectivity index (χ4n) is 2.57. The van der Waals surface area contributed by atoms with Crippen molar-refractivity contribution in [2.24, 2.45) is 5.92 Å². The first-order chi connectivity index (χ1) is 10.6. The smallest absolute Gasteiger partial charge is 0.306 e. The van der Waals surface area contributed by atoms with Crippen LogP contribution in [0.1, 0.15) is 25.7 Å². The van der Waals surface area contributed by atoms with Gasteiger partial charge in [0, 0.05) is 10.9 Å². The lowest BCUT2D eigenvalue weighted by Crippen LogP contribution is -2.39. The van der Waals surface area contributed by atoms with Gasteiger partial charge in [0.05, 0.1) is 18.8 Å². The number of hydrogen-bond acceptors (Lipinski definition) is 4. The minimum Gasteiger partial charge on any atom is -0.497 e. The average molecular weight is 323 g/mol. The highest BCUT2D eigenvalue weighted by Crippen LogP contribution is 2.25. The zero-order valence-corrected chi connectivity index (χ0v) is 13.4. The Balaban J connectivity index is 1.70. The standard InChI is InChI=1S/C16H21NO4S/c1-21-13-6-8-14(9-7-13)22-10-15(18)17-12-4-2-11(3-5-12)16(19)20/h6-9,11-12H,2-5,10H2,1H3,(H,17,18)(H,19,20). The van der Waals surface area contributed by atoms with Crippen molar-refractivity contribution in [1.29, 1.82) is 0 Å². The number of carbonyl (C=O) groups excluding carboxylic acids is 1. The van der Waals surface area contributed by atoms with E-state index in [-0.39, 0.29) is 17.9 Å². The number of methoxy groups -OCH3 is 1. The average Bonchev–Trinajstić information content (AvgIpc) is 2.54. The molecule has 0 unspecified atom stereocenters. The monoisotopic (exact) mass is 323 g/mol. The molecule has 0 atom stereocenters. The summed E-state index contributed by atoms with van der Waals surface area (Å²) >= 11 is 1.48. The van der Waals surface area contributed by atoms with Gasteiger partial charge < -0.3 is 15.2 Å². The quantitative estimate of drug-likeness (QED) is 0.787. The summed E-state index contributed by atoms with van der Waals surface area (Å²) in [7, 11) is 1.62. The molecule has 6 heteroatoms. The maximum absolute atomic E-state index is 12.0. The molecule has 0 aromatic heterocycles. The summed E-state index contributed by atoms with van der Waals surface area (Å²) in [5.74, 6) is 0.191. The molecular weight excluding hydrogens is 302 g/mol. The van der Waals surface area contributed by atoms with Crippen LogP contribution in [0.4, 0.5) is 0 Å². The van der Waals surface area contributed by atoms with Gasteiger partial charge in [-0.1, -0.05) is 0 Å². The molecular formula is C16H21NO4S. The Kier molecular flexibility index (Phi) is 6.12. The minimum absolute atomic E-state index is 0.000377. The van der Waals surface area contributed by atoms with Gasteiger partial charge in [-0.3, -0.25) is 9.59 Å². The Morgan fingerprint density at radius 2 is 1.86 bits per heavy atom. The van der Waals surface area contributed by atoms with Crippen LogP contribution in [0, 0.1) is 5.92 Å². The Labute approximate surface area is 134 Å². The molecule has 5 nitrogen and oxygen atoms in total. The maximum atomic E-state index is 12.0. The molecule has 22 heavy (non-hydrogen) atoms. The Bertz CT molecular complexity index is 509. The Morgan fingerprint density at radius 1 is 1.23 bits per heavy atom. The molecule has 1 aromatic carbocycles. The molecule has 120 valence electrons. The summed E-state index contributed by atoms with van der Waals surface area (Å²) in [6, 6.07) is 7.70. The van der Waals surface area contributed by atoms with Crippen molar-refractivity contribution in [3.05, 3.63) is 24.3 Å². The van der Waals surface area contributed by atoms with Crippen LogP contribution in [0.5, 0.6) is 5.75 Å². The van der Waals surface area contributed by atoms with Gasteiger partial charge in [0.1, 0.15) is 5.75 Å². The predicted octanol–water partition coefficient (Wildman–Crippen LogP) is 2.55. The topological polar surface area (TPSA) is 75.6 Å². The van der Waals surface area contributed by atoms with E-state index in [1.54, 1.807) is 7.11 Å². The number of rotatable bonds is 6. The van der Waals surface area contributed by atoms with Gasteiger partial charge in [0.15, 0.2) is 0 Å². The Morgan fingerprint density at radius 3 is 2.41 bits per heavy atom. The van der Waals surface area contributed by atoms with Crippen LogP contribution in [-0.4, -0.2) is 35.9 Å². The summed E-state index contributed by atoms with van der Waals surface area (Å²) in [4.78, 5) is 23.9. The van der Waals surface area contributed by atoms with Gasteiger partial charge in [-0.05, 0) is 49.9 Å². The van der Waals surface area contributed by atoms with Gasteiger partial charge in [0.25, 0.3) is 0 Å². The highest BCUT2D eigenvalue weighted by atomic mass is 32.2. The molecule has 0 radical (unpaired) electrons. The molecule has 2 N–H and O–H groups in total. The maximum Gasteiger partial charge on any atom is 0.306 e. The van der Waals surface area contributed by atoms with Crippen molar-refractivity contribution in [2.75, 3.05) is 12.9 Å². The van der Waals surface area contributed by atoms with Crippen LogP contribution < -0.4 is 10.1 Å². The molecule has 0 saturated heterocycles. The van der Waals surface area contributed by atoms with Gasteiger partial charge in [0.2, 0.25) is 5.91 Å². The van der Waals surface area contributed by atoms with E-state index in [1.807, 2.05) is 24.3 Å². The van der Waals surface area contributed by atoms with Crippen LogP contribution in [0.15, 0.2) is 29.2 Å². The first-order valence-electron chi connectivity index (χ1n) is 7.37. The fourth-order valence-corrected chi connectivity index (χ4v) is 3.28. The van der Waals surface area contributed by atoms with Crippen LogP contribution in [0.25, 0.3) is 0 Å². The number of carboxylic acids is 1. The lowest BCUT2D eigenvalue weighted by molar-refractivity contribution is -0.142. The van der Waals surface area contributed by atoms with Crippen molar-refractivity contribution in [1.82, 2.24) is 5.32 Å². The third kappa shape index (κ3) is 4.94. The normalized spacial score (nSPS) is 21.1. The van der Waals surface area contributed by atoms with Crippen LogP contribution in [0.3, 0.4) is 0 Å². The third-order valence-corrected chi connectivity index (χ3v) is 4.88. The number of carboxylic acid groups (broad SMARTS) is 1. The summed E-state index contributed by atoms with van der Waals surface area (Å²) in [5.41, 5.74) is 0. The number of nitrogens with one attached hydrogen (secondary N) is 1. The van der Waals surface area contributed by atoms with E-state index in [2.05, 4.69) is 5.32 Å². The molecule has 1 amide bonds. The highest BCUT2D eigenvalue weighted by molar-refractivity contribution is 8.00. The molecule has 2 rings (SSSR count). The highest BCUT2D eigenvalue weighted by Gasteiger charge is 2.26. The summed E-state index contributed by atoms with van der Waals surface area (Å²) < 4.78 is 5.09. The predicted molar refractivity (Wildman–Crippen MR) is 85.2 cm³/mol. The summed E-state index contributed by atoms with van der Waals surface area (Å²) in [6.45, 7) is 0. The molecule has 1 aliphatic rings. The van der Waals surface area contributed by atoms with Crippen molar-refractivity contribution in [3.8, 4) is 5.75 Å². The molecule has 1 aliphatic carbocycles. The molecule has 1 fully saturated rings. The first-order valence-corrected chi connectivity index (χ1v) is 8.36. The van der Waals surface area contributed by atoms with Gasteiger partial charge in [-0.2, -0.15) is 0 Å². The zero-order chi connectivity index (χ0) is 15.9. The fraction of sp³-hybridized carbons (Fsp3) is 0.500. The number of thioether (sulfide) groups is 1. The molecule has 0 bridgehead atoms.